The van der Waals surface area contributed by atoms with Crippen LogP contribution in [0.25, 0.3) is 0 Å². The van der Waals surface area contributed by atoms with Gasteiger partial charge >= 0.3 is 6.03 Å². The zero-order valence-electron chi connectivity index (χ0n) is 24.2. The van der Waals surface area contributed by atoms with E-state index in [-0.39, 0.29) is 13.0 Å². The zero-order chi connectivity index (χ0) is 29.7. The van der Waals surface area contributed by atoms with Crippen LogP contribution in [0.5, 0.6) is 0 Å². The number of fused-ring (bicyclic) bond motifs is 2. The molecule has 10 nitrogen and oxygen atoms in total. The summed E-state index contributed by atoms with van der Waals surface area (Å²) in [5.74, 6) is -0.854. The van der Waals surface area contributed by atoms with Crippen molar-refractivity contribution in [3.05, 3.63) is 83.4 Å². The SMILES string of the molecule is CCOC(CN1C(=O)[C@@](CC(=O)Nc2ccc3c(c2)CCN3)(NC(=O)Nc2ccc(C)cc2)c2ccccc21)OCC. The van der Waals surface area contributed by atoms with Crippen LogP contribution in [0.15, 0.2) is 66.7 Å². The molecular weight excluding hydrogens is 534 g/mol. The Morgan fingerprint density at radius 2 is 1.69 bits per heavy atom. The lowest BCUT2D eigenvalue weighted by molar-refractivity contribution is -0.138. The Bertz CT molecular complexity index is 1450. The maximum absolute atomic E-state index is 14.4. The normalized spacial score (nSPS) is 17.0. The standard InChI is InChI=1S/C32H37N5O5/c1-4-41-29(42-5-2)20-37-27-9-7-6-8-25(27)32(30(37)39,36-31(40)35-23-12-10-21(3)11-13-23)19-28(38)34-24-14-15-26-22(18-24)16-17-33-26/h6-15,18,29,33H,4-5,16-17,19-20H2,1-3H3,(H,34,38)(H2,35,36,40)/t32-/m0/s1. The molecule has 3 aromatic rings. The molecule has 4 amide bonds. The molecule has 3 aromatic carbocycles. The van der Waals surface area contributed by atoms with Gasteiger partial charge in [0, 0.05) is 42.4 Å². The average Bonchev–Trinajstić information content (AvgIpc) is 3.52. The number of carbonyl (C=O) groups is 3. The van der Waals surface area contributed by atoms with Crippen LogP contribution in [0.3, 0.4) is 0 Å². The molecular formula is C32H37N5O5. The monoisotopic (exact) mass is 571 g/mol. The van der Waals surface area contributed by atoms with Gasteiger partial charge in [0.2, 0.25) is 5.91 Å². The molecule has 0 radical (unpaired) electrons. The molecule has 42 heavy (non-hydrogen) atoms. The number of benzene rings is 3. The van der Waals surface area contributed by atoms with Crippen LogP contribution in [0.4, 0.5) is 27.5 Å². The largest absolute Gasteiger partial charge is 0.384 e. The third-order valence-corrected chi connectivity index (χ3v) is 7.46. The second-order valence-electron chi connectivity index (χ2n) is 10.4. The number of rotatable bonds is 11. The van der Waals surface area contributed by atoms with E-state index >= 15 is 0 Å². The lowest BCUT2D eigenvalue weighted by Gasteiger charge is -2.30. The van der Waals surface area contributed by atoms with Gasteiger partial charge in [0.05, 0.1) is 18.7 Å². The fourth-order valence-electron chi connectivity index (χ4n) is 5.54. The Balaban J connectivity index is 1.47. The van der Waals surface area contributed by atoms with E-state index in [0.717, 1.165) is 29.8 Å². The summed E-state index contributed by atoms with van der Waals surface area (Å²) in [5.41, 5.74) is 3.84. The van der Waals surface area contributed by atoms with Gasteiger partial charge in [-0.2, -0.15) is 0 Å². The molecule has 220 valence electrons. The van der Waals surface area contributed by atoms with Gasteiger partial charge in [0.25, 0.3) is 5.91 Å². The number of carbonyl (C=O) groups excluding carboxylic acids is 3. The Morgan fingerprint density at radius 3 is 2.43 bits per heavy atom. The molecule has 0 bridgehead atoms. The predicted molar refractivity (Wildman–Crippen MR) is 163 cm³/mol. The lowest BCUT2D eigenvalue weighted by Crippen LogP contribution is -2.56. The van der Waals surface area contributed by atoms with Crippen LogP contribution in [0.1, 0.15) is 37.0 Å². The van der Waals surface area contributed by atoms with Crippen LogP contribution >= 0.6 is 0 Å². The highest BCUT2D eigenvalue weighted by Crippen LogP contribution is 2.43. The summed E-state index contributed by atoms with van der Waals surface area (Å²) >= 11 is 0. The molecule has 0 saturated heterocycles. The minimum atomic E-state index is -1.67. The van der Waals surface area contributed by atoms with Crippen molar-refractivity contribution in [2.75, 3.05) is 47.2 Å². The number of hydrogen-bond acceptors (Lipinski definition) is 6. The second-order valence-corrected chi connectivity index (χ2v) is 10.4. The Labute approximate surface area is 245 Å². The number of amides is 4. The summed E-state index contributed by atoms with van der Waals surface area (Å²) in [7, 11) is 0. The van der Waals surface area contributed by atoms with E-state index in [9.17, 15) is 14.4 Å². The van der Waals surface area contributed by atoms with Crippen molar-refractivity contribution in [3.63, 3.8) is 0 Å². The summed E-state index contributed by atoms with van der Waals surface area (Å²) in [6.07, 6.45) is -0.127. The van der Waals surface area contributed by atoms with Crippen LogP contribution in [-0.4, -0.2) is 50.4 Å². The molecule has 0 aromatic heterocycles. The average molecular weight is 572 g/mol. The van der Waals surface area contributed by atoms with Crippen molar-refractivity contribution >= 4 is 40.6 Å². The highest BCUT2D eigenvalue weighted by atomic mass is 16.7. The summed E-state index contributed by atoms with van der Waals surface area (Å²) in [6, 6.07) is 19.6. The molecule has 0 spiro atoms. The maximum Gasteiger partial charge on any atom is 0.320 e. The van der Waals surface area contributed by atoms with E-state index in [1.54, 1.807) is 30.3 Å². The van der Waals surface area contributed by atoms with Crippen LogP contribution in [-0.2, 0) is 31.0 Å². The molecule has 0 saturated carbocycles. The zero-order valence-corrected chi connectivity index (χ0v) is 24.2. The molecule has 2 aliphatic rings. The van der Waals surface area contributed by atoms with E-state index in [4.69, 9.17) is 9.47 Å². The molecule has 1 atom stereocenters. The van der Waals surface area contributed by atoms with E-state index in [0.29, 0.717) is 35.8 Å². The van der Waals surface area contributed by atoms with E-state index in [1.165, 1.54) is 4.90 Å². The Hall–Kier alpha value is -4.41. The number of ether oxygens (including phenoxy) is 2. The Kier molecular flexibility index (Phi) is 8.75. The van der Waals surface area contributed by atoms with E-state index in [1.807, 2.05) is 57.2 Å². The molecule has 2 heterocycles. The van der Waals surface area contributed by atoms with Crippen molar-refractivity contribution in [2.45, 2.75) is 45.4 Å². The van der Waals surface area contributed by atoms with Crippen molar-refractivity contribution < 1.29 is 23.9 Å². The number of nitrogens with one attached hydrogen (secondary N) is 4. The molecule has 10 heteroatoms. The summed E-state index contributed by atoms with van der Waals surface area (Å²) < 4.78 is 11.5. The van der Waals surface area contributed by atoms with Gasteiger partial charge in [0.15, 0.2) is 11.8 Å². The van der Waals surface area contributed by atoms with E-state index in [2.05, 4.69) is 21.3 Å². The van der Waals surface area contributed by atoms with Gasteiger partial charge in [-0.15, -0.1) is 0 Å². The van der Waals surface area contributed by atoms with Crippen molar-refractivity contribution in [1.29, 1.82) is 0 Å². The molecule has 0 fully saturated rings. The Morgan fingerprint density at radius 1 is 0.976 bits per heavy atom. The van der Waals surface area contributed by atoms with Crippen LogP contribution < -0.4 is 26.2 Å². The number of urea groups is 1. The minimum absolute atomic E-state index is 0.0972. The number of para-hydroxylation sites is 1. The fraction of sp³-hybridized carbons (Fsp3) is 0.344. The third-order valence-electron chi connectivity index (χ3n) is 7.46. The summed E-state index contributed by atoms with van der Waals surface area (Å²) in [5, 5.41) is 12.0. The first-order valence-electron chi connectivity index (χ1n) is 14.3. The van der Waals surface area contributed by atoms with Crippen LogP contribution in [0.2, 0.25) is 0 Å². The fourth-order valence-corrected chi connectivity index (χ4v) is 5.54. The van der Waals surface area contributed by atoms with Crippen molar-refractivity contribution in [2.24, 2.45) is 0 Å². The maximum atomic E-state index is 14.4. The highest BCUT2D eigenvalue weighted by Gasteiger charge is 2.53. The molecule has 0 unspecified atom stereocenters. The first-order valence-corrected chi connectivity index (χ1v) is 14.3. The minimum Gasteiger partial charge on any atom is -0.384 e. The van der Waals surface area contributed by atoms with Gasteiger partial charge < -0.3 is 35.6 Å². The van der Waals surface area contributed by atoms with Gasteiger partial charge in [-0.25, -0.2) is 4.79 Å². The highest BCUT2D eigenvalue weighted by molar-refractivity contribution is 6.13. The quantitative estimate of drug-likeness (QED) is 0.247. The second kappa shape index (κ2) is 12.6. The van der Waals surface area contributed by atoms with Gasteiger partial charge in [0.1, 0.15) is 0 Å². The number of aryl methyl sites for hydroxylation is 1. The van der Waals surface area contributed by atoms with Gasteiger partial charge in [-0.3, -0.25) is 9.59 Å². The topological polar surface area (TPSA) is 121 Å². The van der Waals surface area contributed by atoms with Gasteiger partial charge in [-0.1, -0.05) is 35.9 Å². The number of nitrogens with zero attached hydrogens (tertiary/aromatic N) is 1. The molecule has 4 N–H and O–H groups in total. The predicted octanol–water partition coefficient (Wildman–Crippen LogP) is 4.75. The smallest absolute Gasteiger partial charge is 0.320 e. The number of anilines is 4. The number of hydrogen-bond donors (Lipinski definition) is 4. The summed E-state index contributed by atoms with van der Waals surface area (Å²) in [6.45, 7) is 7.40. The third kappa shape index (κ3) is 6.09. The lowest BCUT2D eigenvalue weighted by atomic mass is 9.87. The van der Waals surface area contributed by atoms with Gasteiger partial charge in [-0.05, 0) is 69.2 Å². The first kappa shape index (κ1) is 29.1. The van der Waals surface area contributed by atoms with Crippen molar-refractivity contribution in [1.82, 2.24) is 5.32 Å². The first-order chi connectivity index (χ1) is 20.3. The molecule has 5 rings (SSSR count). The molecule has 2 aliphatic heterocycles. The molecule has 0 aliphatic carbocycles. The summed E-state index contributed by atoms with van der Waals surface area (Å²) in [4.78, 5) is 43.0. The van der Waals surface area contributed by atoms with Crippen molar-refractivity contribution in [3.8, 4) is 0 Å². The van der Waals surface area contributed by atoms with Crippen LogP contribution in [0, 0.1) is 6.92 Å². The van der Waals surface area contributed by atoms with E-state index < -0.39 is 29.7 Å².